The van der Waals surface area contributed by atoms with Crippen molar-refractivity contribution in [1.82, 2.24) is 19.0 Å². The van der Waals surface area contributed by atoms with E-state index in [1.54, 1.807) is 49.0 Å². The van der Waals surface area contributed by atoms with Crippen LogP contribution in [-0.4, -0.2) is 61.5 Å². The van der Waals surface area contributed by atoms with E-state index in [1.165, 1.54) is 4.90 Å². The normalized spacial score (nSPS) is 18.3. The van der Waals surface area contributed by atoms with E-state index in [2.05, 4.69) is 14.1 Å². The van der Waals surface area contributed by atoms with Gasteiger partial charge in [-0.2, -0.15) is 8.75 Å². The first-order valence-corrected chi connectivity index (χ1v) is 15.0. The Bertz CT molecular complexity index is 1350. The third-order valence-corrected chi connectivity index (χ3v) is 9.12. The van der Waals surface area contributed by atoms with Crippen molar-refractivity contribution in [3.8, 4) is 5.75 Å². The molecule has 202 valence electrons. The number of carbonyl (C=O) groups excluding carboxylic acids is 3. The van der Waals surface area contributed by atoms with Crippen LogP contribution in [-0.2, 0) is 32.1 Å². The summed E-state index contributed by atoms with van der Waals surface area (Å²) in [6.45, 7) is 0.0654. The summed E-state index contributed by atoms with van der Waals surface area (Å²) < 4.78 is 19.1. The molecule has 2 atom stereocenters. The standard InChI is InChI=1S/C27H26N4O5S3/c1-35-20-9-7-18(8-10-20)15-36-27(34)24-19(11-12-37-22-14-28-39-30-22)16-38-26-23(25(33)31(24)26)29-21(32)13-17-5-3-2-4-6-17/h2-10,14,23,26H,11-13,15-16H2,1H3,(H,29,32)/t23-,26-/m1/s1. The Labute approximate surface area is 238 Å². The lowest BCUT2D eigenvalue weighted by atomic mass is 10.0. The summed E-state index contributed by atoms with van der Waals surface area (Å²) in [5.74, 6) is 0.865. The van der Waals surface area contributed by atoms with Crippen LogP contribution in [0.1, 0.15) is 17.5 Å². The molecule has 0 spiro atoms. The first kappa shape index (κ1) is 27.2. The van der Waals surface area contributed by atoms with Crippen LogP contribution in [0, 0.1) is 0 Å². The lowest BCUT2D eigenvalue weighted by molar-refractivity contribution is -0.153. The van der Waals surface area contributed by atoms with Crippen LogP contribution in [0.4, 0.5) is 0 Å². The molecule has 2 aliphatic rings. The van der Waals surface area contributed by atoms with E-state index in [0.717, 1.165) is 33.5 Å². The number of hydrogen-bond donors (Lipinski definition) is 1. The number of benzene rings is 2. The van der Waals surface area contributed by atoms with Gasteiger partial charge in [-0.3, -0.25) is 14.5 Å². The van der Waals surface area contributed by atoms with Gasteiger partial charge in [-0.25, -0.2) is 4.79 Å². The number of amides is 2. The van der Waals surface area contributed by atoms with Crippen molar-refractivity contribution in [3.63, 3.8) is 0 Å². The average Bonchev–Trinajstić information content (AvgIpc) is 3.48. The summed E-state index contributed by atoms with van der Waals surface area (Å²) in [4.78, 5) is 40.8. The second-order valence-electron chi connectivity index (χ2n) is 8.84. The van der Waals surface area contributed by atoms with Gasteiger partial charge in [0.25, 0.3) is 5.91 Å². The minimum absolute atomic E-state index is 0.0654. The largest absolute Gasteiger partial charge is 0.497 e. The summed E-state index contributed by atoms with van der Waals surface area (Å²) in [6.07, 6.45) is 2.48. The highest BCUT2D eigenvalue weighted by Crippen LogP contribution is 2.42. The molecule has 2 aliphatic heterocycles. The second kappa shape index (κ2) is 12.7. The second-order valence-corrected chi connectivity index (χ2v) is 11.6. The maximum Gasteiger partial charge on any atom is 0.355 e. The van der Waals surface area contributed by atoms with Crippen molar-refractivity contribution in [2.75, 3.05) is 18.6 Å². The summed E-state index contributed by atoms with van der Waals surface area (Å²) in [6, 6.07) is 15.9. The molecule has 9 nitrogen and oxygen atoms in total. The summed E-state index contributed by atoms with van der Waals surface area (Å²) in [5.41, 5.74) is 2.80. The fourth-order valence-corrected chi connectivity index (χ4v) is 7.08. The van der Waals surface area contributed by atoms with Crippen molar-refractivity contribution in [1.29, 1.82) is 0 Å². The lowest BCUT2D eigenvalue weighted by Crippen LogP contribution is -2.70. The van der Waals surface area contributed by atoms with E-state index in [0.29, 0.717) is 23.7 Å². The molecule has 0 saturated carbocycles. The Balaban J connectivity index is 1.28. The maximum absolute atomic E-state index is 13.4. The molecule has 1 saturated heterocycles. The zero-order valence-corrected chi connectivity index (χ0v) is 23.5. The predicted molar refractivity (Wildman–Crippen MR) is 150 cm³/mol. The molecule has 1 fully saturated rings. The SMILES string of the molecule is COc1ccc(COC(=O)C2=C(CCSc3cnsn3)CS[C@@H]3[C@H](NC(=O)Cc4ccccc4)C(=O)N23)cc1. The minimum atomic E-state index is -0.687. The third kappa shape index (κ3) is 6.45. The zero-order chi connectivity index (χ0) is 27.2. The maximum atomic E-state index is 13.4. The molecule has 5 rings (SSSR count). The topological polar surface area (TPSA) is 111 Å². The quantitative estimate of drug-likeness (QED) is 0.206. The van der Waals surface area contributed by atoms with Crippen molar-refractivity contribution < 1.29 is 23.9 Å². The summed E-state index contributed by atoms with van der Waals surface area (Å²) in [5, 5.41) is 3.33. The number of thioether (sulfide) groups is 2. The Hall–Kier alpha value is -3.35. The number of nitrogens with one attached hydrogen (secondary N) is 1. The number of carbonyl (C=O) groups is 3. The van der Waals surface area contributed by atoms with Crippen LogP contribution in [0.25, 0.3) is 0 Å². The van der Waals surface area contributed by atoms with E-state index in [9.17, 15) is 14.4 Å². The van der Waals surface area contributed by atoms with E-state index in [-0.39, 0.29) is 35.9 Å². The number of β-lactam (4-membered cyclic amide) rings is 1. The Morgan fingerprint density at radius 3 is 2.64 bits per heavy atom. The molecular formula is C27H26N4O5S3. The fourth-order valence-electron chi connectivity index (χ4n) is 4.31. The molecule has 0 unspecified atom stereocenters. The van der Waals surface area contributed by atoms with Crippen molar-refractivity contribution >= 4 is 53.0 Å². The van der Waals surface area contributed by atoms with Gasteiger partial charge in [0.2, 0.25) is 5.91 Å². The van der Waals surface area contributed by atoms with Crippen LogP contribution >= 0.6 is 35.3 Å². The third-order valence-electron chi connectivity index (χ3n) is 6.29. The average molecular weight is 583 g/mol. The van der Waals surface area contributed by atoms with E-state index in [4.69, 9.17) is 9.47 Å². The first-order valence-electron chi connectivity index (χ1n) is 12.2. The van der Waals surface area contributed by atoms with Gasteiger partial charge in [-0.15, -0.1) is 23.5 Å². The molecule has 2 amide bonds. The number of nitrogens with zero attached hydrogens (tertiary/aromatic N) is 3. The van der Waals surface area contributed by atoms with Gasteiger partial charge in [0.15, 0.2) is 0 Å². The summed E-state index contributed by atoms with van der Waals surface area (Å²) in [7, 11) is 1.59. The minimum Gasteiger partial charge on any atom is -0.497 e. The summed E-state index contributed by atoms with van der Waals surface area (Å²) >= 11 is 4.24. The zero-order valence-electron chi connectivity index (χ0n) is 21.1. The number of rotatable bonds is 11. The highest BCUT2D eigenvalue weighted by molar-refractivity contribution is 8.00. The van der Waals surface area contributed by atoms with Gasteiger partial charge in [0.1, 0.15) is 34.5 Å². The van der Waals surface area contributed by atoms with Gasteiger partial charge >= 0.3 is 5.97 Å². The monoisotopic (exact) mass is 582 g/mol. The van der Waals surface area contributed by atoms with Crippen LogP contribution in [0.3, 0.4) is 0 Å². The Kier molecular flexibility index (Phi) is 8.84. The highest BCUT2D eigenvalue weighted by atomic mass is 32.2. The number of esters is 1. The number of ether oxygens (including phenoxy) is 2. The Morgan fingerprint density at radius 2 is 1.92 bits per heavy atom. The van der Waals surface area contributed by atoms with Crippen LogP contribution in [0.5, 0.6) is 5.75 Å². The molecule has 0 bridgehead atoms. The van der Waals surface area contributed by atoms with Gasteiger partial charge in [-0.1, -0.05) is 42.5 Å². The van der Waals surface area contributed by atoms with E-state index >= 15 is 0 Å². The molecular weight excluding hydrogens is 557 g/mol. The van der Waals surface area contributed by atoms with Gasteiger partial charge < -0.3 is 14.8 Å². The lowest BCUT2D eigenvalue weighted by Gasteiger charge is -2.49. The molecule has 3 aromatic rings. The number of aromatic nitrogens is 2. The molecule has 3 heterocycles. The molecule has 2 aromatic carbocycles. The molecule has 1 N–H and O–H groups in total. The predicted octanol–water partition coefficient (Wildman–Crippen LogP) is 3.67. The van der Waals surface area contributed by atoms with Crippen molar-refractivity contribution in [2.24, 2.45) is 0 Å². The number of fused-ring (bicyclic) bond motifs is 1. The Morgan fingerprint density at radius 1 is 1.13 bits per heavy atom. The van der Waals surface area contributed by atoms with Crippen molar-refractivity contribution in [2.45, 2.75) is 35.9 Å². The number of hydrogen-bond acceptors (Lipinski definition) is 10. The molecule has 12 heteroatoms. The number of methoxy groups -OCH3 is 1. The van der Waals surface area contributed by atoms with Gasteiger partial charge in [0.05, 0.1) is 31.5 Å². The van der Waals surface area contributed by atoms with Gasteiger partial charge in [-0.05, 0) is 35.3 Å². The first-order chi connectivity index (χ1) is 19.0. The molecule has 0 radical (unpaired) electrons. The van der Waals surface area contributed by atoms with E-state index in [1.807, 2.05) is 42.5 Å². The van der Waals surface area contributed by atoms with Crippen molar-refractivity contribution in [3.05, 3.63) is 83.2 Å². The molecule has 1 aromatic heterocycles. The molecule has 0 aliphatic carbocycles. The van der Waals surface area contributed by atoms with E-state index < -0.39 is 12.0 Å². The van der Waals surface area contributed by atoms with Crippen LogP contribution in [0.2, 0.25) is 0 Å². The van der Waals surface area contributed by atoms with Gasteiger partial charge in [0, 0.05) is 11.5 Å². The smallest absolute Gasteiger partial charge is 0.355 e. The highest BCUT2D eigenvalue weighted by Gasteiger charge is 2.54. The van der Waals surface area contributed by atoms with Crippen LogP contribution < -0.4 is 10.1 Å². The van der Waals surface area contributed by atoms with Crippen LogP contribution in [0.15, 0.2) is 77.1 Å². The molecule has 39 heavy (non-hydrogen) atoms. The fraction of sp³-hybridized carbons (Fsp3) is 0.296.